The van der Waals surface area contributed by atoms with Crippen molar-refractivity contribution in [1.29, 1.82) is 0 Å². The molecule has 2 heterocycles. The first-order chi connectivity index (χ1) is 12.6. The summed E-state index contributed by atoms with van der Waals surface area (Å²) in [5.74, 6) is 0.530. The van der Waals surface area contributed by atoms with Crippen LogP contribution in [0.3, 0.4) is 0 Å². The molecule has 0 aliphatic carbocycles. The predicted octanol–water partition coefficient (Wildman–Crippen LogP) is 4.12. The molecule has 0 saturated carbocycles. The highest BCUT2D eigenvalue weighted by molar-refractivity contribution is 7.14. The second-order valence-electron chi connectivity index (χ2n) is 5.84. The van der Waals surface area contributed by atoms with Crippen molar-refractivity contribution in [2.45, 2.75) is 19.1 Å². The number of carbonyl (C=O) groups excluding carboxylic acids is 1. The summed E-state index contributed by atoms with van der Waals surface area (Å²) < 4.78 is 24.6. The molecule has 2 unspecified atom stereocenters. The van der Waals surface area contributed by atoms with Crippen LogP contribution < -0.4 is 14.8 Å². The number of anilines is 1. The van der Waals surface area contributed by atoms with Gasteiger partial charge in [-0.15, -0.1) is 11.3 Å². The molecule has 1 N–H and O–H groups in total. The first-order valence-electron chi connectivity index (χ1n) is 8.05. The minimum Gasteiger partial charge on any atom is -0.482 e. The van der Waals surface area contributed by atoms with Gasteiger partial charge in [-0.25, -0.2) is 9.37 Å². The smallest absolute Gasteiger partial charge is 0.271 e. The fourth-order valence-corrected chi connectivity index (χ4v) is 3.39. The second kappa shape index (κ2) is 6.76. The van der Waals surface area contributed by atoms with Crippen LogP contribution in [0.1, 0.15) is 6.92 Å². The van der Waals surface area contributed by atoms with Gasteiger partial charge in [0.05, 0.1) is 5.69 Å². The topological polar surface area (TPSA) is 60.5 Å². The Labute approximate surface area is 153 Å². The monoisotopic (exact) mass is 370 g/mol. The third-order valence-corrected chi connectivity index (χ3v) is 4.73. The van der Waals surface area contributed by atoms with Gasteiger partial charge in [-0.05, 0) is 43.3 Å². The average Bonchev–Trinajstić information content (AvgIpc) is 3.10. The lowest BCUT2D eigenvalue weighted by Gasteiger charge is -2.30. The molecule has 0 radical (unpaired) electrons. The number of carbonyl (C=O) groups is 1. The summed E-state index contributed by atoms with van der Waals surface area (Å²) in [4.78, 5) is 17.0. The van der Waals surface area contributed by atoms with Crippen molar-refractivity contribution in [3.8, 4) is 22.8 Å². The van der Waals surface area contributed by atoms with Crippen molar-refractivity contribution in [2.75, 3.05) is 5.32 Å². The Morgan fingerprint density at radius 3 is 2.54 bits per heavy atom. The van der Waals surface area contributed by atoms with Crippen LogP contribution in [0, 0.1) is 5.82 Å². The van der Waals surface area contributed by atoms with E-state index in [-0.39, 0.29) is 11.7 Å². The summed E-state index contributed by atoms with van der Waals surface area (Å²) in [5.41, 5.74) is 1.45. The average molecular weight is 370 g/mol. The number of nitrogens with zero attached hydrogens (tertiary/aromatic N) is 1. The van der Waals surface area contributed by atoms with Crippen molar-refractivity contribution < 1.29 is 18.7 Å². The van der Waals surface area contributed by atoms with E-state index in [1.807, 2.05) is 12.1 Å². The quantitative estimate of drug-likeness (QED) is 0.754. The lowest BCUT2D eigenvalue weighted by Crippen LogP contribution is -2.46. The second-order valence-corrected chi connectivity index (χ2v) is 6.70. The Morgan fingerprint density at radius 2 is 1.81 bits per heavy atom. The summed E-state index contributed by atoms with van der Waals surface area (Å²) in [7, 11) is 0. The number of rotatable bonds is 3. The van der Waals surface area contributed by atoms with E-state index in [2.05, 4.69) is 10.3 Å². The van der Waals surface area contributed by atoms with Crippen molar-refractivity contribution in [3.05, 3.63) is 59.7 Å². The van der Waals surface area contributed by atoms with Crippen LogP contribution in [0.15, 0.2) is 53.9 Å². The summed E-state index contributed by atoms with van der Waals surface area (Å²) in [6.07, 6.45) is -1.20. The maximum atomic E-state index is 13.0. The summed E-state index contributed by atoms with van der Waals surface area (Å²) in [6, 6.07) is 13.3. The largest absolute Gasteiger partial charge is 0.482 e. The van der Waals surface area contributed by atoms with E-state index in [0.717, 1.165) is 5.56 Å². The molecule has 0 spiro atoms. The molecule has 3 aromatic rings. The van der Waals surface area contributed by atoms with Gasteiger partial charge in [-0.3, -0.25) is 10.1 Å². The Balaban J connectivity index is 1.48. The molecule has 2 atom stereocenters. The molecule has 5 nitrogen and oxygen atoms in total. The van der Waals surface area contributed by atoms with Crippen molar-refractivity contribution in [1.82, 2.24) is 4.98 Å². The molecule has 1 aliphatic rings. The van der Waals surface area contributed by atoms with Crippen molar-refractivity contribution >= 4 is 22.4 Å². The predicted molar refractivity (Wildman–Crippen MR) is 97.1 cm³/mol. The van der Waals surface area contributed by atoms with Gasteiger partial charge >= 0.3 is 0 Å². The molecule has 1 aliphatic heterocycles. The van der Waals surface area contributed by atoms with Crippen LogP contribution in [0.4, 0.5) is 9.52 Å². The zero-order valence-corrected chi connectivity index (χ0v) is 14.6. The summed E-state index contributed by atoms with van der Waals surface area (Å²) in [5, 5.41) is 5.02. The van der Waals surface area contributed by atoms with E-state index in [1.165, 1.54) is 23.5 Å². The van der Waals surface area contributed by atoms with Crippen molar-refractivity contribution in [2.24, 2.45) is 0 Å². The van der Waals surface area contributed by atoms with Crippen LogP contribution in [-0.4, -0.2) is 23.1 Å². The summed E-state index contributed by atoms with van der Waals surface area (Å²) >= 11 is 1.29. The number of amides is 1. The minimum atomic E-state index is -0.775. The zero-order chi connectivity index (χ0) is 18.1. The number of hydrogen-bond donors (Lipinski definition) is 1. The Bertz CT molecular complexity index is 942. The van der Waals surface area contributed by atoms with Gasteiger partial charge in [-0.1, -0.05) is 12.1 Å². The Kier molecular flexibility index (Phi) is 4.30. The van der Waals surface area contributed by atoms with Crippen LogP contribution in [0.25, 0.3) is 11.3 Å². The molecule has 1 aromatic heterocycles. The van der Waals surface area contributed by atoms with E-state index in [9.17, 15) is 9.18 Å². The molecule has 26 heavy (non-hydrogen) atoms. The fourth-order valence-electron chi connectivity index (χ4n) is 2.67. The summed E-state index contributed by atoms with van der Waals surface area (Å²) in [6.45, 7) is 1.78. The third-order valence-electron chi connectivity index (χ3n) is 3.98. The highest BCUT2D eigenvalue weighted by atomic mass is 32.1. The normalized spacial score (nSPS) is 18.4. The molecule has 4 rings (SSSR count). The fraction of sp³-hybridized carbons (Fsp3) is 0.158. The number of benzene rings is 2. The van der Waals surface area contributed by atoms with Gasteiger partial charge in [0.1, 0.15) is 11.9 Å². The Morgan fingerprint density at radius 1 is 1.12 bits per heavy atom. The van der Waals surface area contributed by atoms with Gasteiger partial charge in [0, 0.05) is 10.9 Å². The van der Waals surface area contributed by atoms with Crippen LogP contribution in [-0.2, 0) is 4.79 Å². The highest BCUT2D eigenvalue weighted by Gasteiger charge is 2.34. The number of para-hydroxylation sites is 2. The number of nitrogens with one attached hydrogen (secondary N) is 1. The molecular weight excluding hydrogens is 355 g/mol. The van der Waals surface area contributed by atoms with E-state index >= 15 is 0 Å². The molecule has 0 saturated heterocycles. The molecule has 2 aromatic carbocycles. The van der Waals surface area contributed by atoms with Gasteiger partial charge < -0.3 is 9.47 Å². The van der Waals surface area contributed by atoms with Crippen molar-refractivity contribution in [3.63, 3.8) is 0 Å². The number of fused-ring (bicyclic) bond motifs is 1. The number of halogens is 1. The number of ether oxygens (including phenoxy) is 2. The SMILES string of the molecule is CC1Oc2ccccc2OC1C(=O)Nc1nc(-c2ccc(F)cc2)cs1. The lowest BCUT2D eigenvalue weighted by molar-refractivity contribution is -0.128. The van der Waals surface area contributed by atoms with E-state index in [4.69, 9.17) is 9.47 Å². The van der Waals surface area contributed by atoms with Gasteiger partial charge in [0.25, 0.3) is 5.91 Å². The van der Waals surface area contributed by atoms with Gasteiger partial charge in [0.2, 0.25) is 6.10 Å². The number of hydrogen-bond acceptors (Lipinski definition) is 5. The first kappa shape index (κ1) is 16.5. The van der Waals surface area contributed by atoms with Gasteiger partial charge in [0.15, 0.2) is 16.6 Å². The maximum Gasteiger partial charge on any atom is 0.271 e. The minimum absolute atomic E-state index is 0.304. The number of thiazole rings is 1. The molecule has 7 heteroatoms. The van der Waals surface area contributed by atoms with E-state index in [0.29, 0.717) is 22.3 Å². The van der Waals surface area contributed by atoms with Crippen LogP contribution >= 0.6 is 11.3 Å². The molecule has 0 fully saturated rings. The Hall–Kier alpha value is -2.93. The van der Waals surface area contributed by atoms with Crippen LogP contribution in [0.5, 0.6) is 11.5 Å². The number of aromatic nitrogens is 1. The molecular formula is C19H15FN2O3S. The third kappa shape index (κ3) is 3.25. The first-order valence-corrected chi connectivity index (χ1v) is 8.93. The van der Waals surface area contributed by atoms with E-state index in [1.54, 1.807) is 36.6 Å². The standard InChI is InChI=1S/C19H15FN2O3S/c1-11-17(25-16-5-3-2-4-15(16)24-11)18(23)22-19-21-14(10-26-19)12-6-8-13(20)9-7-12/h2-11,17H,1H3,(H,21,22,23). The molecule has 132 valence electrons. The zero-order valence-electron chi connectivity index (χ0n) is 13.8. The maximum absolute atomic E-state index is 13.0. The highest BCUT2D eigenvalue weighted by Crippen LogP contribution is 2.34. The molecule has 1 amide bonds. The molecule has 0 bridgehead atoms. The van der Waals surface area contributed by atoms with Gasteiger partial charge in [-0.2, -0.15) is 0 Å². The van der Waals surface area contributed by atoms with E-state index < -0.39 is 12.2 Å². The lowest BCUT2D eigenvalue weighted by atomic mass is 10.1. The van der Waals surface area contributed by atoms with Crippen LogP contribution in [0.2, 0.25) is 0 Å².